The Bertz CT molecular complexity index is 804. The van der Waals surface area contributed by atoms with E-state index in [1.807, 2.05) is 0 Å². The summed E-state index contributed by atoms with van der Waals surface area (Å²) in [6, 6.07) is -3.46. The van der Waals surface area contributed by atoms with E-state index in [1.54, 1.807) is 6.92 Å². The fourth-order valence-corrected chi connectivity index (χ4v) is 4.27. The van der Waals surface area contributed by atoms with E-state index in [-0.39, 0.29) is 6.54 Å². The van der Waals surface area contributed by atoms with Crippen LogP contribution in [0.25, 0.3) is 0 Å². The van der Waals surface area contributed by atoms with Gasteiger partial charge in [0.25, 0.3) is 0 Å². The molecular weight excluding hydrogens is 514 g/mol. The lowest BCUT2D eigenvalue weighted by Crippen LogP contribution is -2.69. The van der Waals surface area contributed by atoms with Gasteiger partial charge in [-0.3, -0.25) is 14.4 Å². The van der Waals surface area contributed by atoms with Crippen molar-refractivity contribution in [2.75, 3.05) is 19.8 Å². The molecule has 2 amide bonds. The van der Waals surface area contributed by atoms with E-state index in [2.05, 4.69) is 16.0 Å². The molecule has 0 radical (unpaired) electrons. The molecule has 0 bridgehead atoms. The Morgan fingerprint density at radius 2 is 1.45 bits per heavy atom. The summed E-state index contributed by atoms with van der Waals surface area (Å²) in [4.78, 5) is 34.8. The van der Waals surface area contributed by atoms with Crippen molar-refractivity contribution >= 4 is 17.8 Å². The van der Waals surface area contributed by atoms with Gasteiger partial charge in [-0.25, -0.2) is 0 Å². The first kappa shape index (κ1) is 32.2. The van der Waals surface area contributed by atoms with Gasteiger partial charge in [0.05, 0.1) is 19.3 Å². The van der Waals surface area contributed by atoms with Crippen LogP contribution in [0.15, 0.2) is 0 Å². The summed E-state index contributed by atoms with van der Waals surface area (Å²) in [6.45, 7) is 4.03. The second-order valence-corrected chi connectivity index (χ2v) is 9.39. The lowest BCUT2D eigenvalue weighted by molar-refractivity contribution is -0.333. The normalized spacial score (nSPS) is 37.2. The van der Waals surface area contributed by atoms with Gasteiger partial charge in [0, 0.05) is 20.4 Å². The van der Waals surface area contributed by atoms with Crippen LogP contribution >= 0.6 is 0 Å². The Morgan fingerprint density at radius 3 is 1.97 bits per heavy atom. The van der Waals surface area contributed by atoms with Crippen molar-refractivity contribution < 1.29 is 64.0 Å². The van der Waals surface area contributed by atoms with Gasteiger partial charge in [0.1, 0.15) is 54.7 Å². The third-order valence-corrected chi connectivity index (χ3v) is 6.23. The second-order valence-electron chi connectivity index (χ2n) is 9.39. The number of rotatable bonds is 12. The standard InChI is InChI=1S/C22H39N3O13/c1-8(5-23-9(2)20(32)33)35-19-15(25-11(4)29)21(34)36-13(7-27)18(19)38-22-14(24-10(3)28)17(31)16(30)12(6-26)37-22/h8-9,12-19,21-23,26-27,30-31,34H,5-7H2,1-4H3,(H,24,28)(H,25,29)(H,32,33)/t8?,9-,12+,13+,14+,15+,16+,17+,18+,19+,21-,22?/m0/s1. The highest BCUT2D eigenvalue weighted by Crippen LogP contribution is 2.30. The summed E-state index contributed by atoms with van der Waals surface area (Å²) in [6.07, 6.45) is -12.1. The molecular formula is C22H39N3O13. The van der Waals surface area contributed by atoms with E-state index >= 15 is 0 Å². The summed E-state index contributed by atoms with van der Waals surface area (Å²) in [7, 11) is 0. The molecule has 16 nitrogen and oxygen atoms in total. The highest BCUT2D eigenvalue weighted by molar-refractivity contribution is 5.74. The van der Waals surface area contributed by atoms with Crippen LogP contribution in [0.4, 0.5) is 0 Å². The first-order chi connectivity index (χ1) is 17.8. The van der Waals surface area contributed by atoms with Gasteiger partial charge in [-0.1, -0.05) is 0 Å². The van der Waals surface area contributed by atoms with Gasteiger partial charge in [0.15, 0.2) is 12.6 Å². The lowest BCUT2D eigenvalue weighted by atomic mass is 9.94. The lowest BCUT2D eigenvalue weighted by Gasteiger charge is -2.48. The zero-order valence-corrected chi connectivity index (χ0v) is 21.6. The van der Waals surface area contributed by atoms with Gasteiger partial charge in [0.2, 0.25) is 11.8 Å². The Morgan fingerprint density at radius 1 is 0.868 bits per heavy atom. The maximum atomic E-state index is 11.9. The van der Waals surface area contributed by atoms with Crippen molar-refractivity contribution in [1.82, 2.24) is 16.0 Å². The van der Waals surface area contributed by atoms with E-state index in [9.17, 15) is 39.9 Å². The predicted octanol–water partition coefficient (Wildman–Crippen LogP) is -4.63. The second kappa shape index (κ2) is 14.4. The molecule has 2 heterocycles. The molecule has 0 spiro atoms. The van der Waals surface area contributed by atoms with Gasteiger partial charge >= 0.3 is 5.97 Å². The molecule has 0 aromatic rings. The fourth-order valence-electron chi connectivity index (χ4n) is 4.27. The predicted molar refractivity (Wildman–Crippen MR) is 125 cm³/mol. The Balaban J connectivity index is 2.38. The molecule has 0 saturated carbocycles. The maximum Gasteiger partial charge on any atom is 0.320 e. The molecule has 2 saturated heterocycles. The Labute approximate surface area is 219 Å². The van der Waals surface area contributed by atoms with E-state index in [4.69, 9.17) is 24.1 Å². The van der Waals surface area contributed by atoms with E-state index in [0.717, 1.165) is 6.92 Å². The first-order valence-electron chi connectivity index (χ1n) is 12.2. The van der Waals surface area contributed by atoms with Gasteiger partial charge in [-0.2, -0.15) is 0 Å². The first-order valence-corrected chi connectivity index (χ1v) is 12.2. The van der Waals surface area contributed by atoms with Crippen molar-refractivity contribution in [1.29, 1.82) is 0 Å². The number of nitrogens with one attached hydrogen (secondary N) is 3. The number of aliphatic carboxylic acids is 1. The van der Waals surface area contributed by atoms with Crippen LogP contribution in [0.5, 0.6) is 0 Å². The SMILES string of the molecule is CC(=O)N[C@@H]1[C@@H](OC(C)CN[C@@H](C)C(=O)O)[C@H](OC2O[C@H](CO)[C@@H](O)[C@H](O)[C@H]2NC(C)=O)[C@@H](CO)O[C@@H]1O. The van der Waals surface area contributed by atoms with Crippen molar-refractivity contribution in [2.45, 2.75) is 101 Å². The number of aliphatic hydroxyl groups is 5. The molecule has 2 aliphatic heterocycles. The van der Waals surface area contributed by atoms with Gasteiger partial charge in [-0.05, 0) is 13.8 Å². The van der Waals surface area contributed by atoms with Crippen molar-refractivity contribution in [2.24, 2.45) is 0 Å². The summed E-state index contributed by atoms with van der Waals surface area (Å²) < 4.78 is 23.2. The van der Waals surface area contributed by atoms with Crippen molar-refractivity contribution in [3.05, 3.63) is 0 Å². The topological polar surface area (TPSA) is 246 Å². The number of carboxylic acids is 1. The van der Waals surface area contributed by atoms with E-state index < -0.39 is 104 Å². The quantitative estimate of drug-likeness (QED) is 0.110. The van der Waals surface area contributed by atoms with Crippen molar-refractivity contribution in [3.63, 3.8) is 0 Å². The average Bonchev–Trinajstić information content (AvgIpc) is 2.84. The molecule has 38 heavy (non-hydrogen) atoms. The molecule has 0 aliphatic carbocycles. The molecule has 220 valence electrons. The minimum Gasteiger partial charge on any atom is -0.480 e. The molecule has 9 N–H and O–H groups in total. The third-order valence-electron chi connectivity index (χ3n) is 6.23. The minimum atomic E-state index is -1.64. The van der Waals surface area contributed by atoms with Gasteiger partial charge in [-0.15, -0.1) is 0 Å². The smallest absolute Gasteiger partial charge is 0.320 e. The van der Waals surface area contributed by atoms with Crippen LogP contribution in [0, 0.1) is 0 Å². The molecule has 0 aromatic carbocycles. The van der Waals surface area contributed by atoms with E-state index in [1.165, 1.54) is 13.8 Å². The highest BCUT2D eigenvalue weighted by atomic mass is 16.7. The maximum absolute atomic E-state index is 11.9. The number of carbonyl (C=O) groups excluding carboxylic acids is 2. The molecule has 2 rings (SSSR count). The number of carbonyl (C=O) groups is 3. The van der Waals surface area contributed by atoms with E-state index in [0.29, 0.717) is 0 Å². The largest absolute Gasteiger partial charge is 0.480 e. The summed E-state index contributed by atoms with van der Waals surface area (Å²) in [5, 5.41) is 67.8. The van der Waals surface area contributed by atoms with Crippen LogP contribution in [0.2, 0.25) is 0 Å². The van der Waals surface area contributed by atoms with Crippen molar-refractivity contribution in [3.8, 4) is 0 Å². The summed E-state index contributed by atoms with van der Waals surface area (Å²) >= 11 is 0. The number of carboxylic acid groups (broad SMARTS) is 1. The number of hydrogen-bond donors (Lipinski definition) is 9. The number of ether oxygens (including phenoxy) is 4. The summed E-state index contributed by atoms with van der Waals surface area (Å²) in [5.41, 5.74) is 0. The minimum absolute atomic E-state index is 0.0379. The van der Waals surface area contributed by atoms with Crippen LogP contribution < -0.4 is 16.0 Å². The zero-order chi connectivity index (χ0) is 28.7. The average molecular weight is 554 g/mol. The van der Waals surface area contributed by atoms with Crippen LogP contribution in [-0.2, 0) is 33.3 Å². The van der Waals surface area contributed by atoms with Crippen LogP contribution in [0.1, 0.15) is 27.7 Å². The zero-order valence-electron chi connectivity index (χ0n) is 21.6. The molecule has 12 atom stereocenters. The van der Waals surface area contributed by atoms with Crippen LogP contribution in [-0.4, -0.2) is 142 Å². The summed E-state index contributed by atoms with van der Waals surface area (Å²) in [5.74, 6) is -2.23. The molecule has 0 aromatic heterocycles. The fraction of sp³-hybridized carbons (Fsp3) is 0.864. The highest BCUT2D eigenvalue weighted by Gasteiger charge is 2.52. The number of amides is 2. The molecule has 16 heteroatoms. The van der Waals surface area contributed by atoms with Gasteiger partial charge < -0.3 is 65.5 Å². The molecule has 2 aliphatic rings. The third kappa shape index (κ3) is 8.25. The Kier molecular flexibility index (Phi) is 12.2. The molecule has 2 unspecified atom stereocenters. The van der Waals surface area contributed by atoms with Crippen LogP contribution in [0.3, 0.4) is 0 Å². The number of hydrogen-bond acceptors (Lipinski definition) is 13. The number of aliphatic hydroxyl groups excluding tert-OH is 5. The monoisotopic (exact) mass is 553 g/mol. The molecule has 2 fully saturated rings. The Hall–Kier alpha value is -1.99.